The van der Waals surface area contributed by atoms with E-state index in [2.05, 4.69) is 28.1 Å². The summed E-state index contributed by atoms with van der Waals surface area (Å²) in [5.74, 6) is 1.70. The Morgan fingerprint density at radius 3 is 2.65 bits per heavy atom. The number of hydrogen-bond acceptors (Lipinski definition) is 4. The number of piperidine rings is 1. The number of aromatic nitrogens is 2. The average Bonchev–Trinajstić information content (AvgIpc) is 3.18. The molecule has 138 valence electrons. The molecule has 0 amide bonds. The number of nitrogens with zero attached hydrogens (tertiary/aromatic N) is 3. The second kappa shape index (κ2) is 6.89. The number of benzene rings is 1. The molecule has 2 aliphatic rings. The molecule has 4 rings (SSSR count). The molecular formula is C21H27N3O2. The Morgan fingerprint density at radius 1 is 1.27 bits per heavy atom. The van der Waals surface area contributed by atoms with Crippen LogP contribution in [0.2, 0.25) is 0 Å². The molecular weight excluding hydrogens is 326 g/mol. The Labute approximate surface area is 154 Å². The van der Waals surface area contributed by atoms with E-state index in [1.165, 1.54) is 0 Å². The van der Waals surface area contributed by atoms with E-state index in [9.17, 15) is 5.11 Å². The monoisotopic (exact) mass is 353 g/mol. The van der Waals surface area contributed by atoms with Gasteiger partial charge in [-0.15, -0.1) is 0 Å². The molecule has 2 bridgehead atoms. The van der Waals surface area contributed by atoms with Gasteiger partial charge < -0.3 is 14.4 Å². The van der Waals surface area contributed by atoms with E-state index in [1.807, 2.05) is 36.0 Å². The van der Waals surface area contributed by atoms with Gasteiger partial charge in [0.2, 0.25) is 0 Å². The number of para-hydroxylation sites is 1. The van der Waals surface area contributed by atoms with Crippen molar-refractivity contribution in [3.05, 3.63) is 54.1 Å². The lowest BCUT2D eigenvalue weighted by Gasteiger charge is -2.43. The molecule has 2 saturated heterocycles. The van der Waals surface area contributed by atoms with Gasteiger partial charge in [0, 0.05) is 43.6 Å². The third-order valence-electron chi connectivity index (χ3n) is 5.91. The van der Waals surface area contributed by atoms with Crippen LogP contribution in [0.3, 0.4) is 0 Å². The highest BCUT2D eigenvalue weighted by Gasteiger charge is 2.49. The molecule has 2 unspecified atom stereocenters. The molecule has 0 spiro atoms. The normalized spacial score (nSPS) is 28.7. The van der Waals surface area contributed by atoms with Crippen molar-refractivity contribution in [1.82, 2.24) is 14.5 Å². The first-order valence-electron chi connectivity index (χ1n) is 9.36. The molecule has 5 nitrogen and oxygen atoms in total. The Balaban J connectivity index is 1.46. The molecule has 0 radical (unpaired) electrons. The summed E-state index contributed by atoms with van der Waals surface area (Å²) in [4.78, 5) is 6.97. The van der Waals surface area contributed by atoms with E-state index in [1.54, 1.807) is 13.3 Å². The van der Waals surface area contributed by atoms with Gasteiger partial charge in [0.15, 0.2) is 0 Å². The second-order valence-electron chi connectivity index (χ2n) is 7.53. The Kier molecular flexibility index (Phi) is 4.59. The highest BCUT2D eigenvalue weighted by atomic mass is 16.5. The van der Waals surface area contributed by atoms with Gasteiger partial charge in [-0.2, -0.15) is 0 Å². The van der Waals surface area contributed by atoms with Crippen LogP contribution >= 0.6 is 0 Å². The van der Waals surface area contributed by atoms with Crippen molar-refractivity contribution >= 4 is 6.08 Å². The largest absolute Gasteiger partial charge is 0.496 e. The fraction of sp³-hybridized carbons (Fsp3) is 0.476. The standard InChI is InChI=1S/C21H27N3O2/c1-23-13-11-22-20(23)21(25)14-17-9-10-18(15-21)24(17)12-5-7-16-6-3-4-8-19(16)26-2/h3-8,11,13,17-18,25H,9-10,12,14-15H2,1-2H3/b7-5+. The van der Waals surface area contributed by atoms with E-state index < -0.39 is 5.60 Å². The van der Waals surface area contributed by atoms with Crippen molar-refractivity contribution in [3.63, 3.8) is 0 Å². The summed E-state index contributed by atoms with van der Waals surface area (Å²) >= 11 is 0. The summed E-state index contributed by atoms with van der Waals surface area (Å²) in [6.07, 6.45) is 11.9. The van der Waals surface area contributed by atoms with E-state index in [-0.39, 0.29) is 0 Å². The van der Waals surface area contributed by atoms with Crippen molar-refractivity contribution in [2.75, 3.05) is 13.7 Å². The molecule has 2 atom stereocenters. The summed E-state index contributed by atoms with van der Waals surface area (Å²) < 4.78 is 7.37. The Hall–Kier alpha value is -2.11. The number of methoxy groups -OCH3 is 1. The first kappa shape index (κ1) is 17.3. The van der Waals surface area contributed by atoms with Crippen LogP contribution in [0.25, 0.3) is 6.08 Å². The maximum Gasteiger partial charge on any atom is 0.140 e. The summed E-state index contributed by atoms with van der Waals surface area (Å²) in [6.45, 7) is 0.907. The topological polar surface area (TPSA) is 50.5 Å². The van der Waals surface area contributed by atoms with Crippen LogP contribution in [-0.4, -0.2) is 45.3 Å². The van der Waals surface area contributed by atoms with E-state index in [4.69, 9.17) is 4.74 Å². The number of ether oxygens (including phenoxy) is 1. The van der Waals surface area contributed by atoms with Crippen molar-refractivity contribution < 1.29 is 9.84 Å². The zero-order valence-electron chi connectivity index (χ0n) is 15.5. The summed E-state index contributed by atoms with van der Waals surface area (Å²) in [5.41, 5.74) is 0.302. The molecule has 0 aliphatic carbocycles. The van der Waals surface area contributed by atoms with Crippen LogP contribution in [0.5, 0.6) is 5.75 Å². The van der Waals surface area contributed by atoms with Crippen LogP contribution in [0.4, 0.5) is 0 Å². The smallest absolute Gasteiger partial charge is 0.140 e. The number of aryl methyl sites for hydroxylation is 1. The Bertz CT molecular complexity index is 784. The number of rotatable bonds is 5. The molecule has 26 heavy (non-hydrogen) atoms. The minimum Gasteiger partial charge on any atom is -0.496 e. The molecule has 2 fully saturated rings. The summed E-state index contributed by atoms with van der Waals surface area (Å²) in [7, 11) is 3.67. The molecule has 2 aromatic rings. The quantitative estimate of drug-likeness (QED) is 0.898. The third-order valence-corrected chi connectivity index (χ3v) is 5.91. The van der Waals surface area contributed by atoms with Gasteiger partial charge in [-0.05, 0) is 31.7 Å². The minimum absolute atomic E-state index is 0.415. The SMILES string of the molecule is COc1ccccc1/C=C/CN1C2CCC1CC(O)(c1nccn1C)C2. The summed E-state index contributed by atoms with van der Waals surface area (Å²) in [5, 5.41) is 11.2. The predicted octanol–water partition coefficient (Wildman–Crippen LogP) is 2.96. The van der Waals surface area contributed by atoms with Crippen molar-refractivity contribution in [2.45, 2.75) is 43.4 Å². The fourth-order valence-corrected chi connectivity index (χ4v) is 4.72. The zero-order chi connectivity index (χ0) is 18.1. The first-order valence-corrected chi connectivity index (χ1v) is 9.36. The van der Waals surface area contributed by atoms with Crippen molar-refractivity contribution in [3.8, 4) is 5.75 Å². The van der Waals surface area contributed by atoms with Gasteiger partial charge in [-0.1, -0.05) is 30.4 Å². The van der Waals surface area contributed by atoms with E-state index >= 15 is 0 Å². The van der Waals surface area contributed by atoms with Crippen molar-refractivity contribution in [2.24, 2.45) is 7.05 Å². The van der Waals surface area contributed by atoms with Gasteiger partial charge in [0.25, 0.3) is 0 Å². The first-order chi connectivity index (χ1) is 12.6. The van der Waals surface area contributed by atoms with Gasteiger partial charge in [-0.3, -0.25) is 4.90 Å². The lowest BCUT2D eigenvalue weighted by molar-refractivity contribution is -0.0613. The molecule has 1 aromatic carbocycles. The predicted molar refractivity (Wildman–Crippen MR) is 102 cm³/mol. The molecule has 1 aromatic heterocycles. The molecule has 1 N–H and O–H groups in total. The van der Waals surface area contributed by atoms with E-state index in [0.717, 1.165) is 49.4 Å². The van der Waals surface area contributed by atoms with Crippen LogP contribution in [0, 0.1) is 0 Å². The van der Waals surface area contributed by atoms with Crippen LogP contribution in [0.1, 0.15) is 37.1 Å². The Morgan fingerprint density at radius 2 is 2.00 bits per heavy atom. The number of imidazole rings is 1. The molecule has 3 heterocycles. The summed E-state index contributed by atoms with van der Waals surface area (Å²) in [6, 6.07) is 8.90. The van der Waals surface area contributed by atoms with Gasteiger partial charge in [0.1, 0.15) is 17.2 Å². The molecule has 5 heteroatoms. The number of hydrogen-bond donors (Lipinski definition) is 1. The zero-order valence-corrected chi connectivity index (χ0v) is 15.5. The van der Waals surface area contributed by atoms with Gasteiger partial charge in [0.05, 0.1) is 7.11 Å². The van der Waals surface area contributed by atoms with Gasteiger partial charge in [-0.25, -0.2) is 4.98 Å². The third kappa shape index (κ3) is 3.06. The van der Waals surface area contributed by atoms with E-state index in [0.29, 0.717) is 12.1 Å². The molecule has 2 aliphatic heterocycles. The van der Waals surface area contributed by atoms with Crippen LogP contribution < -0.4 is 4.74 Å². The van der Waals surface area contributed by atoms with Crippen LogP contribution in [-0.2, 0) is 12.6 Å². The lowest BCUT2D eigenvalue weighted by Crippen LogP contribution is -2.50. The maximum atomic E-state index is 11.2. The minimum atomic E-state index is -0.799. The number of aliphatic hydroxyl groups is 1. The van der Waals surface area contributed by atoms with Crippen molar-refractivity contribution in [1.29, 1.82) is 0 Å². The fourth-order valence-electron chi connectivity index (χ4n) is 4.72. The number of fused-ring (bicyclic) bond motifs is 2. The highest BCUT2D eigenvalue weighted by Crippen LogP contribution is 2.45. The average molecular weight is 353 g/mol. The highest BCUT2D eigenvalue weighted by molar-refractivity contribution is 5.57. The lowest BCUT2D eigenvalue weighted by atomic mass is 9.85. The van der Waals surface area contributed by atoms with Gasteiger partial charge >= 0.3 is 0 Å². The van der Waals surface area contributed by atoms with Crippen LogP contribution in [0.15, 0.2) is 42.7 Å². The second-order valence-corrected chi connectivity index (χ2v) is 7.53. The maximum absolute atomic E-state index is 11.2. The molecule has 0 saturated carbocycles.